The molecule has 6 rings (SSSR count). The molecule has 1 saturated heterocycles. The molecule has 0 aliphatic carbocycles. The summed E-state index contributed by atoms with van der Waals surface area (Å²) in [7, 11) is 2.00. The van der Waals surface area contributed by atoms with Crippen molar-refractivity contribution in [1.82, 2.24) is 19.6 Å². The van der Waals surface area contributed by atoms with Crippen LogP contribution in [0, 0.1) is 5.92 Å². The molecule has 2 aromatic heterocycles. The largest absolute Gasteiger partial charge is 0.481 e. The number of carboxylic acids is 1. The fourth-order valence-corrected chi connectivity index (χ4v) is 4.72. The average Bonchev–Trinajstić information content (AvgIpc) is 3.40. The molecule has 0 saturated carbocycles. The normalized spacial score (nSPS) is 14.3. The first-order chi connectivity index (χ1) is 16.1. The van der Waals surface area contributed by atoms with Crippen LogP contribution in [-0.4, -0.2) is 43.8 Å². The number of fused-ring (bicyclic) bond motifs is 2. The van der Waals surface area contributed by atoms with Crippen molar-refractivity contribution in [3.63, 3.8) is 0 Å². The number of carboxylic acid groups (broad SMARTS) is 1. The Kier molecular flexibility index (Phi) is 5.59. The van der Waals surface area contributed by atoms with E-state index in [1.54, 1.807) is 0 Å². The number of aliphatic carboxylic acids is 1. The Morgan fingerprint density at radius 1 is 1.06 bits per heavy atom. The molecule has 1 N–H and O–H groups in total. The monoisotopic (exact) mass is 474 g/mol. The maximum absolute atomic E-state index is 11.1. The van der Waals surface area contributed by atoms with Crippen LogP contribution in [0.2, 0.25) is 0 Å². The van der Waals surface area contributed by atoms with E-state index in [2.05, 4.69) is 51.0 Å². The van der Waals surface area contributed by atoms with Crippen LogP contribution in [0.15, 0.2) is 71.3 Å². The first kappa shape index (κ1) is 22.1. The first-order valence-electron chi connectivity index (χ1n) is 10.9. The summed E-state index contributed by atoms with van der Waals surface area (Å²) in [4.78, 5) is 18.0. The molecule has 8 heteroatoms. The average molecular weight is 475 g/mol. The number of aromatic nitrogens is 3. The van der Waals surface area contributed by atoms with Crippen LogP contribution in [-0.2, 0) is 18.4 Å². The maximum Gasteiger partial charge on any atom is 0.309 e. The van der Waals surface area contributed by atoms with Gasteiger partial charge in [0.1, 0.15) is 5.69 Å². The standard InChI is InChI=1S/C26H22N4O3.ClH/c1-29-22-9-5-2-6-16(22)12-23(29)25-27-24(28-33-25)21-11-10-17(19-7-3-4-8-20(19)21)13-30-14-18(15-30)26(31)32;/h2-12,18H,13-15H2,1H3,(H,31,32);1H. The lowest BCUT2D eigenvalue weighted by atomic mass is 9.95. The van der Waals surface area contributed by atoms with Gasteiger partial charge in [0, 0.05) is 43.1 Å². The van der Waals surface area contributed by atoms with Crippen LogP contribution in [0.5, 0.6) is 0 Å². The van der Waals surface area contributed by atoms with E-state index < -0.39 is 5.97 Å². The number of hydrogen-bond acceptors (Lipinski definition) is 5. The van der Waals surface area contributed by atoms with Gasteiger partial charge in [0.15, 0.2) is 0 Å². The van der Waals surface area contributed by atoms with Crippen LogP contribution in [0.3, 0.4) is 0 Å². The minimum atomic E-state index is -0.717. The lowest BCUT2D eigenvalue weighted by Crippen LogP contribution is -2.49. The molecular formula is C26H23ClN4O3. The van der Waals surface area contributed by atoms with E-state index in [4.69, 9.17) is 14.6 Å². The summed E-state index contributed by atoms with van der Waals surface area (Å²) in [5.74, 6) is 0.0537. The third-order valence-electron chi connectivity index (χ3n) is 6.55. The predicted molar refractivity (Wildman–Crippen MR) is 133 cm³/mol. The highest BCUT2D eigenvalue weighted by Gasteiger charge is 2.32. The molecule has 0 spiro atoms. The van der Waals surface area contributed by atoms with Gasteiger partial charge in [-0.05, 0) is 28.5 Å². The lowest BCUT2D eigenvalue weighted by molar-refractivity contribution is -0.147. The summed E-state index contributed by atoms with van der Waals surface area (Å²) in [6, 6.07) is 22.5. The number of likely N-dealkylation sites (tertiary alicyclic amines) is 1. The van der Waals surface area contributed by atoms with Gasteiger partial charge in [-0.25, -0.2) is 0 Å². The first-order valence-corrected chi connectivity index (χ1v) is 10.9. The van der Waals surface area contributed by atoms with Gasteiger partial charge in [0.25, 0.3) is 5.89 Å². The van der Waals surface area contributed by atoms with E-state index in [-0.39, 0.29) is 18.3 Å². The van der Waals surface area contributed by atoms with Crippen molar-refractivity contribution in [3.8, 4) is 23.0 Å². The zero-order valence-corrected chi connectivity index (χ0v) is 19.3. The molecule has 0 amide bonds. The Balaban J connectivity index is 0.00000241. The smallest absolute Gasteiger partial charge is 0.309 e. The van der Waals surface area contributed by atoms with Crippen molar-refractivity contribution in [3.05, 3.63) is 72.3 Å². The van der Waals surface area contributed by atoms with Gasteiger partial charge in [0.05, 0.1) is 5.92 Å². The van der Waals surface area contributed by atoms with Crippen molar-refractivity contribution < 1.29 is 14.4 Å². The highest BCUT2D eigenvalue weighted by molar-refractivity contribution is 5.97. The number of hydrogen-bond donors (Lipinski definition) is 1. The molecule has 172 valence electrons. The van der Waals surface area contributed by atoms with E-state index in [0.29, 0.717) is 24.8 Å². The quantitative estimate of drug-likeness (QED) is 0.386. The Bertz CT molecular complexity index is 1520. The molecule has 7 nitrogen and oxygen atoms in total. The van der Waals surface area contributed by atoms with E-state index in [1.165, 1.54) is 0 Å². The maximum atomic E-state index is 11.1. The van der Waals surface area contributed by atoms with Crippen molar-refractivity contribution in [2.45, 2.75) is 6.54 Å². The van der Waals surface area contributed by atoms with E-state index in [1.807, 2.05) is 37.4 Å². The van der Waals surface area contributed by atoms with Crippen LogP contribution in [0.1, 0.15) is 5.56 Å². The molecule has 0 radical (unpaired) electrons. The number of aryl methyl sites for hydroxylation is 1. The number of carbonyl (C=O) groups is 1. The Hall–Kier alpha value is -3.68. The Morgan fingerprint density at radius 3 is 2.56 bits per heavy atom. The molecule has 3 aromatic carbocycles. The number of para-hydroxylation sites is 1. The van der Waals surface area contributed by atoms with Crippen molar-refractivity contribution in [2.24, 2.45) is 13.0 Å². The fourth-order valence-electron chi connectivity index (χ4n) is 4.72. The second kappa shape index (κ2) is 8.59. The molecular weight excluding hydrogens is 452 g/mol. The SMILES string of the molecule is Cl.Cn1c(-c2nc(-c3ccc(CN4CC(C(=O)O)C4)c4ccccc34)no2)cc2ccccc21. The molecule has 0 atom stereocenters. The summed E-state index contributed by atoms with van der Waals surface area (Å²) in [5.41, 5.74) is 4.06. The third-order valence-corrected chi connectivity index (χ3v) is 6.55. The summed E-state index contributed by atoms with van der Waals surface area (Å²) >= 11 is 0. The molecule has 1 aliphatic rings. The minimum Gasteiger partial charge on any atom is -0.481 e. The van der Waals surface area contributed by atoms with E-state index >= 15 is 0 Å². The van der Waals surface area contributed by atoms with Crippen molar-refractivity contribution in [2.75, 3.05) is 13.1 Å². The molecule has 3 heterocycles. The molecule has 5 aromatic rings. The van der Waals surface area contributed by atoms with Crippen molar-refractivity contribution in [1.29, 1.82) is 0 Å². The second-order valence-corrected chi connectivity index (χ2v) is 8.62. The molecule has 1 fully saturated rings. The van der Waals surface area contributed by atoms with Gasteiger partial charge in [-0.2, -0.15) is 4.98 Å². The van der Waals surface area contributed by atoms with Crippen LogP contribution in [0.25, 0.3) is 44.6 Å². The van der Waals surface area contributed by atoms with Gasteiger partial charge in [-0.1, -0.05) is 59.8 Å². The predicted octanol–water partition coefficient (Wildman–Crippen LogP) is 4.99. The van der Waals surface area contributed by atoms with Crippen LogP contribution in [0.4, 0.5) is 0 Å². The van der Waals surface area contributed by atoms with Crippen LogP contribution < -0.4 is 0 Å². The topological polar surface area (TPSA) is 84.4 Å². The Morgan fingerprint density at radius 2 is 1.79 bits per heavy atom. The number of nitrogens with zero attached hydrogens (tertiary/aromatic N) is 4. The lowest BCUT2D eigenvalue weighted by Gasteiger charge is -2.36. The molecule has 0 bridgehead atoms. The number of benzene rings is 3. The Labute approximate surface area is 202 Å². The zero-order chi connectivity index (χ0) is 22.5. The number of rotatable bonds is 5. The summed E-state index contributed by atoms with van der Waals surface area (Å²) in [6.45, 7) is 1.90. The summed E-state index contributed by atoms with van der Waals surface area (Å²) in [5, 5.41) is 16.7. The van der Waals surface area contributed by atoms with E-state index in [9.17, 15) is 4.79 Å². The highest BCUT2D eigenvalue weighted by Crippen LogP contribution is 2.33. The van der Waals surface area contributed by atoms with Crippen LogP contribution >= 0.6 is 12.4 Å². The van der Waals surface area contributed by atoms with Gasteiger partial charge < -0.3 is 14.2 Å². The van der Waals surface area contributed by atoms with E-state index in [0.717, 1.165) is 45.0 Å². The molecule has 1 aliphatic heterocycles. The third kappa shape index (κ3) is 3.63. The van der Waals surface area contributed by atoms with Crippen molar-refractivity contribution >= 4 is 40.1 Å². The van der Waals surface area contributed by atoms with Gasteiger partial charge in [-0.3, -0.25) is 9.69 Å². The van der Waals surface area contributed by atoms with Gasteiger partial charge >= 0.3 is 5.97 Å². The van der Waals surface area contributed by atoms with Gasteiger partial charge in [0.2, 0.25) is 5.82 Å². The summed E-state index contributed by atoms with van der Waals surface area (Å²) < 4.78 is 7.73. The fraction of sp³-hybridized carbons (Fsp3) is 0.192. The molecule has 0 unspecified atom stereocenters. The van der Waals surface area contributed by atoms with Gasteiger partial charge in [-0.15, -0.1) is 12.4 Å². The molecule has 34 heavy (non-hydrogen) atoms. The second-order valence-electron chi connectivity index (χ2n) is 8.62. The summed E-state index contributed by atoms with van der Waals surface area (Å²) in [6.07, 6.45) is 0. The number of halogens is 1. The zero-order valence-electron chi connectivity index (χ0n) is 18.5. The highest BCUT2D eigenvalue weighted by atomic mass is 35.5. The minimum absolute atomic E-state index is 0.